The van der Waals surface area contributed by atoms with Gasteiger partial charge in [0.25, 0.3) is 0 Å². The lowest BCUT2D eigenvalue weighted by atomic mass is 10.3. The van der Waals surface area contributed by atoms with Crippen LogP contribution in [0.25, 0.3) is 0 Å². The first-order chi connectivity index (χ1) is 7.84. The van der Waals surface area contributed by atoms with Crippen LogP contribution in [0.2, 0.25) is 0 Å². The van der Waals surface area contributed by atoms with Crippen molar-refractivity contribution in [3.63, 3.8) is 0 Å². The summed E-state index contributed by atoms with van der Waals surface area (Å²) in [5.41, 5.74) is 7.90. The molecule has 0 amide bonds. The van der Waals surface area contributed by atoms with E-state index in [-0.39, 0.29) is 24.0 Å². The van der Waals surface area contributed by atoms with Crippen LogP contribution in [0.4, 0.5) is 5.69 Å². The van der Waals surface area contributed by atoms with Gasteiger partial charge in [0.05, 0.1) is 6.54 Å². The molecule has 0 fully saturated rings. The molecule has 3 nitrogen and oxygen atoms in total. The van der Waals surface area contributed by atoms with Gasteiger partial charge in [-0.3, -0.25) is 0 Å². The van der Waals surface area contributed by atoms with E-state index in [1.54, 1.807) is 11.3 Å². The van der Waals surface area contributed by atoms with Crippen molar-refractivity contribution in [2.24, 2.45) is 10.7 Å². The van der Waals surface area contributed by atoms with E-state index < -0.39 is 0 Å². The third kappa shape index (κ3) is 4.74. The molecule has 0 atom stereocenters. The largest absolute Gasteiger partial charge is 0.370 e. The van der Waals surface area contributed by atoms with Crippen molar-refractivity contribution in [1.29, 1.82) is 0 Å². The minimum atomic E-state index is 0. The lowest BCUT2D eigenvalue weighted by Gasteiger charge is -2.04. The molecule has 0 aliphatic carbocycles. The van der Waals surface area contributed by atoms with Gasteiger partial charge in [-0.05, 0) is 34.5 Å². The van der Waals surface area contributed by atoms with E-state index in [1.165, 1.54) is 5.56 Å². The molecular weight excluding hydrogens is 345 g/mol. The number of benzene rings is 1. The first-order valence-corrected chi connectivity index (χ1v) is 5.92. The molecule has 0 unspecified atom stereocenters. The monoisotopic (exact) mass is 359 g/mol. The predicted molar refractivity (Wildman–Crippen MR) is 85.1 cm³/mol. The Bertz CT molecular complexity index is 454. The number of aliphatic imine (C=N–C) groups is 1. The van der Waals surface area contributed by atoms with Gasteiger partial charge in [0.1, 0.15) is 0 Å². The smallest absolute Gasteiger partial charge is 0.193 e. The number of para-hydroxylation sites is 1. The summed E-state index contributed by atoms with van der Waals surface area (Å²) < 4.78 is 0. The highest BCUT2D eigenvalue weighted by Crippen LogP contribution is 2.07. The number of rotatable bonds is 3. The quantitative estimate of drug-likeness (QED) is 0.502. The molecule has 2 aromatic rings. The molecule has 0 saturated heterocycles. The van der Waals surface area contributed by atoms with Gasteiger partial charge in [-0.15, -0.1) is 24.0 Å². The van der Waals surface area contributed by atoms with E-state index in [0.717, 1.165) is 5.69 Å². The highest BCUT2D eigenvalue weighted by Gasteiger charge is 1.94. The van der Waals surface area contributed by atoms with Crippen molar-refractivity contribution in [1.82, 2.24) is 0 Å². The summed E-state index contributed by atoms with van der Waals surface area (Å²) in [6.45, 7) is 0.620. The van der Waals surface area contributed by atoms with E-state index in [9.17, 15) is 0 Å². The van der Waals surface area contributed by atoms with Crippen LogP contribution in [-0.4, -0.2) is 5.96 Å². The van der Waals surface area contributed by atoms with E-state index in [2.05, 4.69) is 15.7 Å². The molecule has 0 bridgehead atoms. The molecule has 3 N–H and O–H groups in total. The van der Waals surface area contributed by atoms with Gasteiger partial charge in [-0.25, -0.2) is 4.99 Å². The summed E-state index contributed by atoms with van der Waals surface area (Å²) in [6, 6.07) is 11.8. The highest BCUT2D eigenvalue weighted by atomic mass is 127. The van der Waals surface area contributed by atoms with Crippen LogP contribution in [0, 0.1) is 0 Å². The van der Waals surface area contributed by atoms with Gasteiger partial charge >= 0.3 is 0 Å². The second-order valence-electron chi connectivity index (χ2n) is 3.32. The number of nitrogens with zero attached hydrogens (tertiary/aromatic N) is 1. The van der Waals surface area contributed by atoms with Crippen LogP contribution >= 0.6 is 35.3 Å². The van der Waals surface area contributed by atoms with E-state index in [4.69, 9.17) is 5.73 Å². The zero-order chi connectivity index (χ0) is 11.2. The van der Waals surface area contributed by atoms with Crippen molar-refractivity contribution < 1.29 is 0 Å². The molecule has 1 heterocycles. The Morgan fingerprint density at radius 1 is 1.24 bits per heavy atom. The van der Waals surface area contributed by atoms with Crippen LogP contribution < -0.4 is 11.1 Å². The Morgan fingerprint density at radius 2 is 2.00 bits per heavy atom. The Kier molecular flexibility index (Phi) is 5.99. The van der Waals surface area contributed by atoms with Crippen molar-refractivity contribution in [3.05, 3.63) is 52.7 Å². The van der Waals surface area contributed by atoms with Crippen LogP contribution in [0.1, 0.15) is 5.56 Å². The first-order valence-electron chi connectivity index (χ1n) is 4.97. The molecule has 1 aromatic heterocycles. The number of nitrogens with two attached hydrogens (primary N) is 1. The summed E-state index contributed by atoms with van der Waals surface area (Å²) in [5.74, 6) is 0.442. The van der Waals surface area contributed by atoms with Crippen LogP contribution in [0.15, 0.2) is 52.2 Å². The summed E-state index contributed by atoms with van der Waals surface area (Å²) in [5, 5.41) is 7.14. The molecule has 5 heteroatoms. The second-order valence-corrected chi connectivity index (χ2v) is 4.10. The second kappa shape index (κ2) is 7.29. The van der Waals surface area contributed by atoms with Crippen LogP contribution in [-0.2, 0) is 6.54 Å². The first kappa shape index (κ1) is 14.0. The van der Waals surface area contributed by atoms with E-state index in [1.807, 2.05) is 41.8 Å². The molecule has 17 heavy (non-hydrogen) atoms. The van der Waals surface area contributed by atoms with Crippen LogP contribution in [0.5, 0.6) is 0 Å². The van der Waals surface area contributed by atoms with Gasteiger partial charge in [0.15, 0.2) is 5.96 Å². The van der Waals surface area contributed by atoms with Crippen molar-refractivity contribution in [3.8, 4) is 0 Å². The molecule has 0 spiro atoms. The summed E-state index contributed by atoms with van der Waals surface area (Å²) in [4.78, 5) is 4.25. The molecule has 2 rings (SSSR count). The summed E-state index contributed by atoms with van der Waals surface area (Å²) >= 11 is 1.66. The lowest BCUT2D eigenvalue weighted by molar-refractivity contribution is 1.07. The summed E-state index contributed by atoms with van der Waals surface area (Å²) in [7, 11) is 0. The predicted octanol–water partition coefficient (Wildman–Crippen LogP) is 3.29. The third-order valence-electron chi connectivity index (χ3n) is 2.06. The number of nitrogens with one attached hydrogen (secondary N) is 1. The molecule has 90 valence electrons. The zero-order valence-corrected chi connectivity index (χ0v) is 12.3. The minimum Gasteiger partial charge on any atom is -0.370 e. The number of hydrogen-bond donors (Lipinski definition) is 2. The number of thiophene rings is 1. The fourth-order valence-corrected chi connectivity index (χ4v) is 1.93. The molecule has 0 saturated carbocycles. The van der Waals surface area contributed by atoms with Crippen LogP contribution in [0.3, 0.4) is 0 Å². The fourth-order valence-electron chi connectivity index (χ4n) is 1.27. The fraction of sp³-hybridized carbons (Fsp3) is 0.0833. The molecule has 0 aliphatic heterocycles. The average Bonchev–Trinajstić information content (AvgIpc) is 2.81. The Hall–Kier alpha value is -1.08. The standard InChI is InChI=1S/C12H13N3S.HI/c13-12(14-8-10-6-7-16-9-10)15-11-4-2-1-3-5-11;/h1-7,9H,8H2,(H3,13,14,15);1H. The Labute approximate surface area is 122 Å². The molecule has 0 radical (unpaired) electrons. The average molecular weight is 359 g/mol. The minimum absolute atomic E-state index is 0. The molecular formula is C12H14IN3S. The number of anilines is 1. The third-order valence-corrected chi connectivity index (χ3v) is 2.79. The van der Waals surface area contributed by atoms with Crippen molar-refractivity contribution in [2.45, 2.75) is 6.54 Å². The van der Waals surface area contributed by atoms with E-state index in [0.29, 0.717) is 12.5 Å². The molecule has 1 aromatic carbocycles. The highest BCUT2D eigenvalue weighted by molar-refractivity contribution is 14.0. The zero-order valence-electron chi connectivity index (χ0n) is 9.17. The Morgan fingerprint density at radius 3 is 2.65 bits per heavy atom. The normalized spacial score (nSPS) is 10.7. The van der Waals surface area contributed by atoms with Crippen molar-refractivity contribution in [2.75, 3.05) is 5.32 Å². The topological polar surface area (TPSA) is 50.4 Å². The number of halogens is 1. The Balaban J connectivity index is 0.00000144. The van der Waals surface area contributed by atoms with Gasteiger partial charge in [0, 0.05) is 5.69 Å². The van der Waals surface area contributed by atoms with Gasteiger partial charge in [-0.1, -0.05) is 18.2 Å². The summed E-state index contributed by atoms with van der Waals surface area (Å²) in [6.07, 6.45) is 0. The molecule has 0 aliphatic rings. The number of guanidine groups is 1. The van der Waals surface area contributed by atoms with Gasteiger partial charge in [-0.2, -0.15) is 11.3 Å². The maximum absolute atomic E-state index is 5.76. The van der Waals surface area contributed by atoms with E-state index >= 15 is 0 Å². The maximum atomic E-state index is 5.76. The number of hydrogen-bond acceptors (Lipinski definition) is 2. The van der Waals surface area contributed by atoms with Gasteiger partial charge in [0.2, 0.25) is 0 Å². The lowest BCUT2D eigenvalue weighted by Crippen LogP contribution is -2.22. The SMILES string of the molecule is I.NC(=NCc1ccsc1)Nc1ccccc1. The van der Waals surface area contributed by atoms with Crippen molar-refractivity contribution >= 4 is 47.0 Å². The maximum Gasteiger partial charge on any atom is 0.193 e. The van der Waals surface area contributed by atoms with Gasteiger partial charge < -0.3 is 11.1 Å².